The smallest absolute Gasteiger partial charge is 0.319 e. The van der Waals surface area contributed by atoms with Crippen molar-refractivity contribution in [2.75, 3.05) is 17.3 Å². The molecule has 0 fully saturated rings. The van der Waals surface area contributed by atoms with Crippen molar-refractivity contribution in [3.63, 3.8) is 0 Å². The number of urea groups is 1. The summed E-state index contributed by atoms with van der Waals surface area (Å²) in [5.41, 5.74) is 1.74. The SMILES string of the molecule is CCc1cccc(NC(=O)N[C@@H](CCSC)C(=O)[O-])c1. The first-order valence-corrected chi connectivity index (χ1v) is 7.82. The zero-order valence-electron chi connectivity index (χ0n) is 11.6. The van der Waals surface area contributed by atoms with Gasteiger partial charge in [-0.05, 0) is 42.5 Å². The normalized spacial score (nSPS) is 11.7. The van der Waals surface area contributed by atoms with E-state index < -0.39 is 18.0 Å². The number of amides is 2. The molecule has 0 aromatic heterocycles. The average molecular weight is 295 g/mol. The summed E-state index contributed by atoms with van der Waals surface area (Å²) in [6.45, 7) is 2.02. The molecule has 0 saturated heterocycles. The second kappa shape index (κ2) is 8.47. The van der Waals surface area contributed by atoms with Crippen molar-refractivity contribution in [3.05, 3.63) is 29.8 Å². The fraction of sp³-hybridized carbons (Fsp3) is 0.429. The molecule has 0 aliphatic carbocycles. The number of rotatable bonds is 7. The quantitative estimate of drug-likeness (QED) is 0.793. The average Bonchev–Trinajstić information content (AvgIpc) is 2.43. The molecule has 0 aliphatic heterocycles. The lowest BCUT2D eigenvalue weighted by molar-refractivity contribution is -0.308. The highest BCUT2D eigenvalue weighted by molar-refractivity contribution is 7.98. The largest absolute Gasteiger partial charge is 0.548 e. The van der Waals surface area contributed by atoms with E-state index in [2.05, 4.69) is 10.6 Å². The molecule has 0 heterocycles. The van der Waals surface area contributed by atoms with Crippen molar-refractivity contribution in [3.8, 4) is 0 Å². The molecule has 0 bridgehead atoms. The van der Waals surface area contributed by atoms with Crippen molar-refractivity contribution in [2.24, 2.45) is 0 Å². The number of aryl methyl sites for hydroxylation is 1. The van der Waals surface area contributed by atoms with Gasteiger partial charge < -0.3 is 20.5 Å². The van der Waals surface area contributed by atoms with Crippen LogP contribution in [-0.2, 0) is 11.2 Å². The number of carboxylic acids is 1. The number of carbonyl (C=O) groups is 2. The third kappa shape index (κ3) is 5.52. The Balaban J connectivity index is 2.58. The van der Waals surface area contributed by atoms with Crippen LogP contribution in [0.3, 0.4) is 0 Å². The molecule has 1 aromatic rings. The summed E-state index contributed by atoms with van der Waals surface area (Å²) in [5, 5.41) is 16.0. The Kier molecular flexibility index (Phi) is 6.93. The van der Waals surface area contributed by atoms with Crippen LogP contribution in [0.4, 0.5) is 10.5 Å². The fourth-order valence-electron chi connectivity index (χ4n) is 1.68. The summed E-state index contributed by atoms with van der Waals surface area (Å²) >= 11 is 1.52. The monoisotopic (exact) mass is 295 g/mol. The molecule has 0 unspecified atom stereocenters. The van der Waals surface area contributed by atoms with Gasteiger partial charge in [0, 0.05) is 5.69 Å². The van der Waals surface area contributed by atoms with Crippen LogP contribution < -0.4 is 15.7 Å². The Morgan fingerprint density at radius 3 is 2.75 bits per heavy atom. The minimum atomic E-state index is -1.27. The standard InChI is InChI=1S/C14H20N2O3S/c1-3-10-5-4-6-11(9-10)15-14(19)16-12(13(17)18)7-8-20-2/h4-6,9,12H,3,7-8H2,1-2H3,(H,17,18)(H2,15,16,19)/p-1/t12-/m0/s1. The molecule has 1 rings (SSSR count). The number of benzene rings is 1. The second-order valence-corrected chi connectivity index (χ2v) is 5.29. The first-order chi connectivity index (χ1) is 9.56. The highest BCUT2D eigenvalue weighted by Crippen LogP contribution is 2.11. The first kappa shape index (κ1) is 16.4. The maximum Gasteiger partial charge on any atom is 0.319 e. The minimum Gasteiger partial charge on any atom is -0.548 e. The first-order valence-electron chi connectivity index (χ1n) is 6.43. The van der Waals surface area contributed by atoms with Crippen LogP contribution in [0.25, 0.3) is 0 Å². The maximum atomic E-state index is 11.8. The third-order valence-corrected chi connectivity index (χ3v) is 3.44. The van der Waals surface area contributed by atoms with Crippen LogP contribution in [-0.4, -0.2) is 30.1 Å². The Bertz CT molecular complexity index is 465. The predicted molar refractivity (Wildman–Crippen MR) is 79.8 cm³/mol. The molecule has 20 heavy (non-hydrogen) atoms. The minimum absolute atomic E-state index is 0.339. The number of anilines is 1. The van der Waals surface area contributed by atoms with E-state index in [1.807, 2.05) is 31.4 Å². The lowest BCUT2D eigenvalue weighted by Gasteiger charge is -2.19. The van der Waals surface area contributed by atoms with E-state index in [-0.39, 0.29) is 0 Å². The summed E-state index contributed by atoms with van der Waals surface area (Å²) in [5.74, 6) is -0.624. The van der Waals surface area contributed by atoms with Crippen LogP contribution in [0.5, 0.6) is 0 Å². The third-order valence-electron chi connectivity index (χ3n) is 2.79. The van der Waals surface area contributed by atoms with E-state index in [0.717, 1.165) is 12.0 Å². The number of thioether (sulfide) groups is 1. The molecule has 6 heteroatoms. The Labute approximate surface area is 123 Å². The predicted octanol–water partition coefficient (Wildman–Crippen LogP) is 1.24. The van der Waals surface area contributed by atoms with E-state index in [1.165, 1.54) is 11.8 Å². The van der Waals surface area contributed by atoms with Crippen molar-refractivity contribution in [2.45, 2.75) is 25.8 Å². The number of carbonyl (C=O) groups excluding carboxylic acids is 2. The van der Waals surface area contributed by atoms with Crippen molar-refractivity contribution in [1.82, 2.24) is 5.32 Å². The van der Waals surface area contributed by atoms with E-state index in [0.29, 0.717) is 17.9 Å². The molecule has 2 amide bonds. The fourth-order valence-corrected chi connectivity index (χ4v) is 2.15. The van der Waals surface area contributed by atoms with Gasteiger partial charge in [0.05, 0.1) is 12.0 Å². The van der Waals surface area contributed by atoms with Crippen molar-refractivity contribution >= 4 is 29.4 Å². The molecule has 5 nitrogen and oxygen atoms in total. The zero-order valence-corrected chi connectivity index (χ0v) is 12.5. The van der Waals surface area contributed by atoms with Crippen LogP contribution in [0, 0.1) is 0 Å². The second-order valence-electron chi connectivity index (χ2n) is 4.31. The number of hydrogen-bond donors (Lipinski definition) is 2. The summed E-state index contributed by atoms with van der Waals surface area (Å²) < 4.78 is 0. The molecule has 0 radical (unpaired) electrons. The van der Waals surface area contributed by atoms with Crippen LogP contribution in [0.1, 0.15) is 18.9 Å². The summed E-state index contributed by atoms with van der Waals surface area (Å²) in [6, 6.07) is 5.92. The van der Waals surface area contributed by atoms with E-state index in [1.54, 1.807) is 6.07 Å². The van der Waals surface area contributed by atoms with Gasteiger partial charge in [0.25, 0.3) is 0 Å². The van der Waals surface area contributed by atoms with Crippen LogP contribution in [0.2, 0.25) is 0 Å². The Hall–Kier alpha value is -1.69. The molecule has 2 N–H and O–H groups in total. The molecular formula is C14H19N2O3S-. The lowest BCUT2D eigenvalue weighted by atomic mass is 10.1. The van der Waals surface area contributed by atoms with Gasteiger partial charge in [-0.15, -0.1) is 0 Å². The number of nitrogens with one attached hydrogen (secondary N) is 2. The van der Waals surface area contributed by atoms with Gasteiger partial charge in [0.2, 0.25) is 0 Å². The number of hydrogen-bond acceptors (Lipinski definition) is 4. The van der Waals surface area contributed by atoms with Gasteiger partial charge in [-0.25, -0.2) is 4.79 Å². The maximum absolute atomic E-state index is 11.8. The van der Waals surface area contributed by atoms with Crippen molar-refractivity contribution in [1.29, 1.82) is 0 Å². The highest BCUT2D eigenvalue weighted by atomic mass is 32.2. The number of carboxylic acid groups (broad SMARTS) is 1. The van der Waals surface area contributed by atoms with E-state index >= 15 is 0 Å². The molecule has 0 spiro atoms. The Morgan fingerprint density at radius 1 is 1.40 bits per heavy atom. The molecular weight excluding hydrogens is 276 g/mol. The van der Waals surface area contributed by atoms with Gasteiger partial charge in [-0.3, -0.25) is 0 Å². The summed E-state index contributed by atoms with van der Waals surface area (Å²) in [7, 11) is 0. The molecule has 1 aromatic carbocycles. The molecule has 110 valence electrons. The van der Waals surface area contributed by atoms with Crippen LogP contribution >= 0.6 is 11.8 Å². The van der Waals surface area contributed by atoms with Gasteiger partial charge in [-0.2, -0.15) is 11.8 Å². The Morgan fingerprint density at radius 2 is 2.15 bits per heavy atom. The molecule has 1 atom stereocenters. The molecule has 0 saturated carbocycles. The van der Waals surface area contributed by atoms with Gasteiger partial charge in [-0.1, -0.05) is 19.1 Å². The lowest BCUT2D eigenvalue weighted by Crippen LogP contribution is -2.49. The summed E-state index contributed by atoms with van der Waals surface area (Å²) in [6.07, 6.45) is 3.08. The van der Waals surface area contributed by atoms with E-state index in [9.17, 15) is 14.7 Å². The number of aliphatic carboxylic acids is 1. The van der Waals surface area contributed by atoms with Gasteiger partial charge in [0.15, 0.2) is 0 Å². The zero-order chi connectivity index (χ0) is 15.0. The van der Waals surface area contributed by atoms with E-state index in [4.69, 9.17) is 0 Å². The topological polar surface area (TPSA) is 81.3 Å². The summed E-state index contributed by atoms with van der Waals surface area (Å²) in [4.78, 5) is 22.7. The van der Waals surface area contributed by atoms with Gasteiger partial charge in [0.1, 0.15) is 0 Å². The van der Waals surface area contributed by atoms with Crippen LogP contribution in [0.15, 0.2) is 24.3 Å². The highest BCUT2D eigenvalue weighted by Gasteiger charge is 2.13. The van der Waals surface area contributed by atoms with Crippen molar-refractivity contribution < 1.29 is 14.7 Å². The molecule has 0 aliphatic rings. The van der Waals surface area contributed by atoms with Gasteiger partial charge >= 0.3 is 6.03 Å².